The summed E-state index contributed by atoms with van der Waals surface area (Å²) in [7, 11) is 0. The molecule has 0 saturated heterocycles. The van der Waals surface area contributed by atoms with E-state index in [4.69, 9.17) is 16.7 Å². The standard InChI is InChI=1S/C18H19ClF3N3/c19-14-8-7-12(18(20,21)22)10-15(14)25-17-13(6-1-2-9-23-17)16(24-25)11-4-3-5-11/h7-8,10-11,23H,1-6,9H2. The van der Waals surface area contributed by atoms with Crippen molar-refractivity contribution in [2.45, 2.75) is 50.6 Å². The molecule has 2 heterocycles. The quantitative estimate of drug-likeness (QED) is 0.751. The highest BCUT2D eigenvalue weighted by Gasteiger charge is 2.33. The molecule has 134 valence electrons. The molecule has 7 heteroatoms. The molecular weight excluding hydrogens is 351 g/mol. The summed E-state index contributed by atoms with van der Waals surface area (Å²) in [6.07, 6.45) is 1.97. The maximum Gasteiger partial charge on any atom is 0.416 e. The number of alkyl halides is 3. The van der Waals surface area contributed by atoms with E-state index in [9.17, 15) is 13.2 Å². The SMILES string of the molecule is FC(F)(F)c1ccc(Cl)c(-n2nc(C3CCC3)c3c2NCCCC3)c1. The summed E-state index contributed by atoms with van der Waals surface area (Å²) >= 11 is 6.24. The number of benzene rings is 1. The Bertz CT molecular complexity index is 794. The first kappa shape index (κ1) is 16.8. The average Bonchev–Trinajstić information content (AvgIpc) is 2.69. The second-order valence-corrected chi connectivity index (χ2v) is 7.21. The van der Waals surface area contributed by atoms with Gasteiger partial charge in [0.1, 0.15) is 5.82 Å². The Kier molecular flexibility index (Phi) is 4.18. The Balaban J connectivity index is 1.86. The van der Waals surface area contributed by atoms with Crippen LogP contribution in [0.15, 0.2) is 18.2 Å². The predicted octanol–water partition coefficient (Wildman–Crippen LogP) is 5.56. The molecule has 4 rings (SSSR count). The Morgan fingerprint density at radius 2 is 1.96 bits per heavy atom. The third-order valence-electron chi connectivity index (χ3n) is 5.15. The van der Waals surface area contributed by atoms with Crippen molar-refractivity contribution in [3.63, 3.8) is 0 Å². The zero-order chi connectivity index (χ0) is 17.6. The monoisotopic (exact) mass is 369 g/mol. The first-order valence-corrected chi connectivity index (χ1v) is 9.06. The van der Waals surface area contributed by atoms with Gasteiger partial charge in [-0.25, -0.2) is 4.68 Å². The zero-order valence-corrected chi connectivity index (χ0v) is 14.4. The number of fused-ring (bicyclic) bond motifs is 1. The van der Waals surface area contributed by atoms with Crippen molar-refractivity contribution in [2.75, 3.05) is 11.9 Å². The second-order valence-electron chi connectivity index (χ2n) is 6.80. The molecule has 1 aromatic heterocycles. The Morgan fingerprint density at radius 1 is 1.16 bits per heavy atom. The highest BCUT2D eigenvalue weighted by atomic mass is 35.5. The van der Waals surface area contributed by atoms with Crippen molar-refractivity contribution in [1.82, 2.24) is 9.78 Å². The van der Waals surface area contributed by atoms with Crippen molar-refractivity contribution < 1.29 is 13.2 Å². The lowest BCUT2D eigenvalue weighted by Gasteiger charge is -2.24. The molecule has 0 spiro atoms. The van der Waals surface area contributed by atoms with Gasteiger partial charge in [0, 0.05) is 18.0 Å². The third kappa shape index (κ3) is 3.01. The lowest BCUT2D eigenvalue weighted by molar-refractivity contribution is -0.137. The van der Waals surface area contributed by atoms with E-state index in [0.717, 1.165) is 67.9 Å². The molecule has 1 aliphatic heterocycles. The summed E-state index contributed by atoms with van der Waals surface area (Å²) in [5.74, 6) is 1.22. The summed E-state index contributed by atoms with van der Waals surface area (Å²) in [5.41, 5.74) is 1.75. The third-order valence-corrected chi connectivity index (χ3v) is 5.47. The normalized spacial score (nSPS) is 18.2. The van der Waals surface area contributed by atoms with Crippen LogP contribution in [-0.4, -0.2) is 16.3 Å². The second kappa shape index (κ2) is 6.24. The molecule has 25 heavy (non-hydrogen) atoms. The average molecular weight is 370 g/mol. The van der Waals surface area contributed by atoms with E-state index < -0.39 is 11.7 Å². The van der Waals surface area contributed by atoms with Gasteiger partial charge in [-0.05, 0) is 50.3 Å². The lowest BCUT2D eigenvalue weighted by atomic mass is 9.81. The molecule has 1 N–H and O–H groups in total. The maximum atomic E-state index is 13.1. The number of hydrogen-bond acceptors (Lipinski definition) is 2. The van der Waals surface area contributed by atoms with Gasteiger partial charge in [0.2, 0.25) is 0 Å². The Labute approximate surface area is 149 Å². The minimum Gasteiger partial charge on any atom is -0.370 e. The summed E-state index contributed by atoms with van der Waals surface area (Å²) < 4.78 is 41.0. The molecule has 0 amide bonds. The van der Waals surface area contributed by atoms with Crippen LogP contribution in [0.2, 0.25) is 5.02 Å². The van der Waals surface area contributed by atoms with Crippen LogP contribution in [0.1, 0.15) is 54.8 Å². The number of nitrogens with zero attached hydrogens (tertiary/aromatic N) is 2. The van der Waals surface area contributed by atoms with E-state index in [1.165, 1.54) is 12.5 Å². The molecule has 1 aliphatic carbocycles. The van der Waals surface area contributed by atoms with Crippen LogP contribution in [0.25, 0.3) is 5.69 Å². The van der Waals surface area contributed by atoms with Crippen molar-refractivity contribution in [3.05, 3.63) is 40.0 Å². The molecule has 0 radical (unpaired) electrons. The van der Waals surface area contributed by atoms with Crippen LogP contribution >= 0.6 is 11.6 Å². The fourth-order valence-corrected chi connectivity index (χ4v) is 3.76. The van der Waals surface area contributed by atoms with Crippen molar-refractivity contribution in [2.24, 2.45) is 0 Å². The van der Waals surface area contributed by atoms with Crippen molar-refractivity contribution in [3.8, 4) is 5.69 Å². The first-order chi connectivity index (χ1) is 11.9. The van der Waals surface area contributed by atoms with Crippen LogP contribution in [0.3, 0.4) is 0 Å². The summed E-state index contributed by atoms with van der Waals surface area (Å²) in [5, 5.41) is 8.34. The number of aromatic nitrogens is 2. The van der Waals surface area contributed by atoms with E-state index in [2.05, 4.69) is 5.32 Å². The molecule has 0 unspecified atom stereocenters. The van der Waals surface area contributed by atoms with Crippen molar-refractivity contribution in [1.29, 1.82) is 0 Å². The Hall–Kier alpha value is -1.69. The molecule has 0 bridgehead atoms. The molecule has 2 aromatic rings. The van der Waals surface area contributed by atoms with Gasteiger partial charge >= 0.3 is 6.18 Å². The van der Waals surface area contributed by atoms with Crippen LogP contribution in [0.5, 0.6) is 0 Å². The van der Waals surface area contributed by atoms with E-state index in [1.807, 2.05) is 0 Å². The molecule has 0 atom stereocenters. The van der Waals surface area contributed by atoms with Crippen LogP contribution < -0.4 is 5.32 Å². The van der Waals surface area contributed by atoms with Gasteiger partial charge < -0.3 is 5.32 Å². The molecular formula is C18H19ClF3N3. The number of nitrogens with one attached hydrogen (secondary N) is 1. The zero-order valence-electron chi connectivity index (χ0n) is 13.7. The largest absolute Gasteiger partial charge is 0.416 e. The van der Waals surface area contributed by atoms with E-state index in [1.54, 1.807) is 4.68 Å². The molecule has 3 nitrogen and oxygen atoms in total. The van der Waals surface area contributed by atoms with Crippen LogP contribution in [0.4, 0.5) is 19.0 Å². The van der Waals surface area contributed by atoms with Crippen LogP contribution in [-0.2, 0) is 12.6 Å². The highest BCUT2D eigenvalue weighted by molar-refractivity contribution is 6.32. The van der Waals surface area contributed by atoms with Gasteiger partial charge in [0.15, 0.2) is 0 Å². The van der Waals surface area contributed by atoms with Gasteiger partial charge in [-0.15, -0.1) is 0 Å². The minimum atomic E-state index is -4.41. The summed E-state index contributed by atoms with van der Waals surface area (Å²) in [6, 6.07) is 3.40. The fraction of sp³-hybridized carbons (Fsp3) is 0.500. The molecule has 1 fully saturated rings. The molecule has 1 saturated carbocycles. The van der Waals surface area contributed by atoms with Gasteiger partial charge in [-0.1, -0.05) is 18.0 Å². The van der Waals surface area contributed by atoms with E-state index in [-0.39, 0.29) is 10.7 Å². The van der Waals surface area contributed by atoms with Gasteiger partial charge in [0.25, 0.3) is 0 Å². The number of halogens is 4. The Morgan fingerprint density at radius 3 is 2.64 bits per heavy atom. The number of rotatable bonds is 2. The van der Waals surface area contributed by atoms with Gasteiger partial charge in [-0.2, -0.15) is 18.3 Å². The maximum absolute atomic E-state index is 13.1. The fourth-order valence-electron chi connectivity index (χ4n) is 3.56. The first-order valence-electron chi connectivity index (χ1n) is 8.68. The number of anilines is 1. The van der Waals surface area contributed by atoms with E-state index >= 15 is 0 Å². The summed E-state index contributed by atoms with van der Waals surface area (Å²) in [4.78, 5) is 0. The van der Waals surface area contributed by atoms with Crippen molar-refractivity contribution >= 4 is 17.4 Å². The summed E-state index contributed by atoms with van der Waals surface area (Å²) in [6.45, 7) is 0.791. The van der Waals surface area contributed by atoms with Crippen LogP contribution in [0, 0.1) is 0 Å². The smallest absolute Gasteiger partial charge is 0.370 e. The predicted molar refractivity (Wildman–Crippen MR) is 91.6 cm³/mol. The minimum absolute atomic E-state index is 0.268. The molecule has 2 aliphatic rings. The van der Waals surface area contributed by atoms with Gasteiger partial charge in [0.05, 0.1) is 22.0 Å². The molecule has 1 aromatic carbocycles. The van der Waals surface area contributed by atoms with Gasteiger partial charge in [-0.3, -0.25) is 0 Å². The number of hydrogen-bond donors (Lipinski definition) is 1. The topological polar surface area (TPSA) is 29.9 Å². The lowest BCUT2D eigenvalue weighted by Crippen LogP contribution is -2.12. The van der Waals surface area contributed by atoms with E-state index in [0.29, 0.717) is 5.92 Å². The highest BCUT2D eigenvalue weighted by Crippen LogP contribution is 2.42.